The summed E-state index contributed by atoms with van der Waals surface area (Å²) in [6, 6.07) is 18.2. The van der Waals surface area contributed by atoms with E-state index in [-0.39, 0.29) is 31.3 Å². The smallest absolute Gasteiger partial charge is 0.310 e. The molecule has 1 amide bonds. The lowest BCUT2D eigenvalue weighted by Crippen LogP contribution is -2.25. The van der Waals surface area contributed by atoms with Gasteiger partial charge in [0.25, 0.3) is 5.91 Å². The first-order valence-corrected chi connectivity index (χ1v) is 8.82. The van der Waals surface area contributed by atoms with E-state index in [0.717, 1.165) is 16.3 Å². The number of rotatable bonds is 5. The number of Topliss-reactive ketones (excluding diaryl/α,β-unsaturated/α-hetero) is 1. The van der Waals surface area contributed by atoms with Gasteiger partial charge in [-0.05, 0) is 34.5 Å². The second-order valence-corrected chi connectivity index (χ2v) is 6.45. The van der Waals surface area contributed by atoms with Gasteiger partial charge in [0.15, 0.2) is 19.0 Å². The SMILES string of the molecule is O=C1COc2ccc(C(=O)COC(=O)Cc3cccc4ccccc34)cc2N1. The van der Waals surface area contributed by atoms with Crippen LogP contribution in [0.1, 0.15) is 15.9 Å². The van der Waals surface area contributed by atoms with Gasteiger partial charge in [0.05, 0.1) is 12.1 Å². The molecule has 28 heavy (non-hydrogen) atoms. The van der Waals surface area contributed by atoms with Gasteiger partial charge in [-0.3, -0.25) is 14.4 Å². The van der Waals surface area contributed by atoms with E-state index in [1.165, 1.54) is 6.07 Å². The zero-order valence-electron chi connectivity index (χ0n) is 14.9. The lowest BCUT2D eigenvalue weighted by atomic mass is 10.0. The van der Waals surface area contributed by atoms with E-state index in [0.29, 0.717) is 17.0 Å². The largest absolute Gasteiger partial charge is 0.482 e. The Hall–Kier alpha value is -3.67. The van der Waals surface area contributed by atoms with E-state index in [1.54, 1.807) is 12.1 Å². The second-order valence-electron chi connectivity index (χ2n) is 6.45. The van der Waals surface area contributed by atoms with Gasteiger partial charge in [-0.2, -0.15) is 0 Å². The molecule has 6 nitrogen and oxygen atoms in total. The summed E-state index contributed by atoms with van der Waals surface area (Å²) >= 11 is 0. The fraction of sp³-hybridized carbons (Fsp3) is 0.136. The van der Waals surface area contributed by atoms with Crippen LogP contribution >= 0.6 is 0 Å². The molecule has 6 heteroatoms. The maximum absolute atomic E-state index is 12.4. The molecule has 140 valence electrons. The van der Waals surface area contributed by atoms with Crippen LogP contribution in [0.4, 0.5) is 5.69 Å². The number of carbonyl (C=O) groups excluding carboxylic acids is 3. The highest BCUT2D eigenvalue weighted by atomic mass is 16.5. The highest BCUT2D eigenvalue weighted by molar-refractivity contribution is 6.02. The average Bonchev–Trinajstić information content (AvgIpc) is 2.71. The highest BCUT2D eigenvalue weighted by Gasteiger charge is 2.18. The molecule has 3 aromatic rings. The number of hydrogen-bond acceptors (Lipinski definition) is 5. The minimum Gasteiger partial charge on any atom is -0.482 e. The molecule has 0 atom stereocenters. The first-order valence-electron chi connectivity index (χ1n) is 8.82. The fourth-order valence-electron chi connectivity index (χ4n) is 3.14. The molecular weight excluding hydrogens is 358 g/mol. The van der Waals surface area contributed by atoms with Gasteiger partial charge in [0.1, 0.15) is 5.75 Å². The maximum atomic E-state index is 12.4. The molecule has 0 aliphatic carbocycles. The molecule has 1 aliphatic heterocycles. The van der Waals surface area contributed by atoms with Gasteiger partial charge in [0, 0.05) is 5.56 Å². The van der Waals surface area contributed by atoms with Gasteiger partial charge in [-0.25, -0.2) is 0 Å². The van der Waals surface area contributed by atoms with Crippen molar-refractivity contribution in [1.29, 1.82) is 0 Å². The highest BCUT2D eigenvalue weighted by Crippen LogP contribution is 2.28. The van der Waals surface area contributed by atoms with E-state index in [9.17, 15) is 14.4 Å². The zero-order valence-corrected chi connectivity index (χ0v) is 14.9. The summed E-state index contributed by atoms with van der Waals surface area (Å²) in [5.41, 5.74) is 1.62. The third kappa shape index (κ3) is 3.71. The van der Waals surface area contributed by atoms with E-state index in [2.05, 4.69) is 5.32 Å². The summed E-state index contributed by atoms with van der Waals surface area (Å²) in [7, 11) is 0. The lowest BCUT2D eigenvalue weighted by Gasteiger charge is -2.18. The number of nitrogens with one attached hydrogen (secondary N) is 1. The standard InChI is InChI=1S/C22H17NO5/c24-19(16-8-9-20-18(10-16)23-21(25)13-27-20)12-28-22(26)11-15-6-3-5-14-4-1-2-7-17(14)15/h1-10H,11-13H2,(H,23,25). The minimum atomic E-state index is -0.473. The molecular formula is C22H17NO5. The van der Waals surface area contributed by atoms with Gasteiger partial charge in [-0.15, -0.1) is 0 Å². The molecule has 0 fully saturated rings. The Morgan fingerprint density at radius 2 is 1.86 bits per heavy atom. The lowest BCUT2D eigenvalue weighted by molar-refractivity contribution is -0.141. The van der Waals surface area contributed by atoms with Crippen molar-refractivity contribution in [3.63, 3.8) is 0 Å². The summed E-state index contributed by atoms with van der Waals surface area (Å²) in [6.45, 7) is -0.413. The number of benzene rings is 3. The summed E-state index contributed by atoms with van der Waals surface area (Å²) in [4.78, 5) is 36.0. The number of hydrogen-bond donors (Lipinski definition) is 1. The molecule has 0 spiro atoms. The minimum absolute atomic E-state index is 0.0495. The number of carbonyl (C=O) groups is 3. The van der Waals surface area contributed by atoms with Crippen LogP contribution in [0.2, 0.25) is 0 Å². The van der Waals surface area contributed by atoms with Gasteiger partial charge >= 0.3 is 5.97 Å². The molecule has 4 rings (SSSR count). The summed E-state index contributed by atoms with van der Waals surface area (Å²) in [5.74, 6) is -0.601. The van der Waals surface area contributed by atoms with E-state index >= 15 is 0 Å². The number of amides is 1. The second kappa shape index (κ2) is 7.52. The predicted molar refractivity (Wildman–Crippen MR) is 104 cm³/mol. The Kier molecular flexibility index (Phi) is 4.76. The Labute approximate surface area is 161 Å². The number of ketones is 1. The van der Waals surface area contributed by atoms with E-state index in [1.807, 2.05) is 42.5 Å². The quantitative estimate of drug-likeness (QED) is 0.547. The van der Waals surface area contributed by atoms with Crippen LogP contribution in [0.3, 0.4) is 0 Å². The van der Waals surface area contributed by atoms with Gasteiger partial charge in [-0.1, -0.05) is 42.5 Å². The fourth-order valence-corrected chi connectivity index (χ4v) is 3.14. The van der Waals surface area contributed by atoms with Crippen LogP contribution in [-0.4, -0.2) is 30.9 Å². The average molecular weight is 375 g/mol. The molecule has 0 unspecified atom stereocenters. The molecule has 1 heterocycles. The summed E-state index contributed by atoms with van der Waals surface area (Å²) in [5, 5.41) is 4.67. The molecule has 0 saturated heterocycles. The van der Waals surface area contributed by atoms with Crippen LogP contribution in [0.5, 0.6) is 5.75 Å². The molecule has 1 aliphatic rings. The number of esters is 1. The molecule has 3 aromatic carbocycles. The van der Waals surface area contributed by atoms with Crippen LogP contribution in [-0.2, 0) is 20.7 Å². The van der Waals surface area contributed by atoms with E-state index in [4.69, 9.17) is 9.47 Å². The van der Waals surface area contributed by atoms with Crippen molar-refractivity contribution < 1.29 is 23.9 Å². The molecule has 0 radical (unpaired) electrons. The van der Waals surface area contributed by atoms with Crippen molar-refractivity contribution in [3.8, 4) is 5.75 Å². The van der Waals surface area contributed by atoms with Crippen molar-refractivity contribution >= 4 is 34.1 Å². The number of fused-ring (bicyclic) bond motifs is 2. The third-order valence-corrected chi connectivity index (χ3v) is 4.51. The topological polar surface area (TPSA) is 81.7 Å². The first kappa shape index (κ1) is 17.7. The van der Waals surface area contributed by atoms with Crippen molar-refractivity contribution in [2.45, 2.75) is 6.42 Å². The predicted octanol–water partition coefficient (Wildman–Crippen LogP) is 3.14. The van der Waals surface area contributed by atoms with Crippen LogP contribution in [0.15, 0.2) is 60.7 Å². The van der Waals surface area contributed by atoms with Crippen LogP contribution in [0, 0.1) is 0 Å². The monoisotopic (exact) mass is 375 g/mol. The molecule has 0 saturated carbocycles. The summed E-state index contributed by atoms with van der Waals surface area (Å²) in [6.07, 6.45) is 0.0860. The van der Waals surface area contributed by atoms with Crippen molar-refractivity contribution in [2.75, 3.05) is 18.5 Å². The summed E-state index contributed by atoms with van der Waals surface area (Å²) < 4.78 is 10.4. The van der Waals surface area contributed by atoms with Crippen molar-refractivity contribution in [3.05, 3.63) is 71.8 Å². The molecule has 1 N–H and O–H groups in total. The number of anilines is 1. The normalized spacial score (nSPS) is 12.6. The van der Waals surface area contributed by atoms with Crippen LogP contribution < -0.4 is 10.1 Å². The first-order chi connectivity index (χ1) is 13.6. The third-order valence-electron chi connectivity index (χ3n) is 4.51. The van der Waals surface area contributed by atoms with E-state index < -0.39 is 5.97 Å². The van der Waals surface area contributed by atoms with Gasteiger partial charge in [0.2, 0.25) is 0 Å². The zero-order chi connectivity index (χ0) is 19.5. The van der Waals surface area contributed by atoms with Crippen molar-refractivity contribution in [1.82, 2.24) is 0 Å². The van der Waals surface area contributed by atoms with Crippen LogP contribution in [0.25, 0.3) is 10.8 Å². The maximum Gasteiger partial charge on any atom is 0.310 e. The Morgan fingerprint density at radius 3 is 2.75 bits per heavy atom. The molecule has 0 bridgehead atoms. The van der Waals surface area contributed by atoms with Crippen molar-refractivity contribution in [2.24, 2.45) is 0 Å². The Morgan fingerprint density at radius 1 is 1.04 bits per heavy atom. The Balaban J connectivity index is 1.40. The molecule has 0 aromatic heterocycles. The van der Waals surface area contributed by atoms with Gasteiger partial charge < -0.3 is 14.8 Å². The number of ether oxygens (including phenoxy) is 2. The Bertz CT molecular complexity index is 1080.